The first-order valence-corrected chi connectivity index (χ1v) is 7.88. The fourth-order valence-electron chi connectivity index (χ4n) is 2.85. The van der Waals surface area contributed by atoms with Gasteiger partial charge in [-0.15, -0.1) is 0 Å². The number of hydrogen-bond donors (Lipinski definition) is 0. The minimum atomic E-state index is 0.827. The summed E-state index contributed by atoms with van der Waals surface area (Å²) in [7, 11) is 2.16. The molecule has 0 bridgehead atoms. The molecular weight excluding hydrogens is 270 g/mol. The van der Waals surface area contributed by atoms with E-state index in [4.69, 9.17) is 4.74 Å². The van der Waals surface area contributed by atoms with Crippen LogP contribution in [0.25, 0.3) is 6.08 Å². The van der Waals surface area contributed by atoms with Gasteiger partial charge < -0.3 is 4.74 Å². The predicted molar refractivity (Wildman–Crippen MR) is 92.2 cm³/mol. The van der Waals surface area contributed by atoms with Gasteiger partial charge in [0.1, 0.15) is 5.75 Å². The van der Waals surface area contributed by atoms with Crippen molar-refractivity contribution >= 4 is 6.08 Å². The van der Waals surface area contributed by atoms with Crippen LogP contribution in [0.1, 0.15) is 22.3 Å². The van der Waals surface area contributed by atoms with Crippen molar-refractivity contribution in [2.75, 3.05) is 20.2 Å². The molecule has 1 aliphatic heterocycles. The van der Waals surface area contributed by atoms with E-state index in [-0.39, 0.29) is 0 Å². The second kappa shape index (κ2) is 6.80. The second-order valence-electron chi connectivity index (χ2n) is 6.00. The van der Waals surface area contributed by atoms with Crippen LogP contribution in [0.2, 0.25) is 0 Å². The molecule has 2 heteroatoms. The molecule has 1 heterocycles. The van der Waals surface area contributed by atoms with Crippen molar-refractivity contribution in [1.29, 1.82) is 0 Å². The molecule has 0 atom stereocenters. The zero-order valence-corrected chi connectivity index (χ0v) is 13.4. The Morgan fingerprint density at radius 2 is 2.05 bits per heavy atom. The number of hydrogen-bond acceptors (Lipinski definition) is 2. The Bertz CT molecular complexity index is 675. The Morgan fingerprint density at radius 1 is 1.18 bits per heavy atom. The first-order valence-electron chi connectivity index (χ1n) is 7.88. The van der Waals surface area contributed by atoms with Gasteiger partial charge in [0.15, 0.2) is 0 Å². The predicted octanol–water partition coefficient (Wildman–Crippen LogP) is 4.08. The van der Waals surface area contributed by atoms with E-state index in [0.717, 1.165) is 31.9 Å². The smallest absolute Gasteiger partial charge is 0.122 e. The van der Waals surface area contributed by atoms with E-state index < -0.39 is 0 Å². The Hall–Kier alpha value is -2.06. The lowest BCUT2D eigenvalue weighted by Gasteiger charge is -2.15. The maximum absolute atomic E-state index is 5.56. The third-order valence-corrected chi connectivity index (χ3v) is 4.11. The summed E-state index contributed by atoms with van der Waals surface area (Å²) in [6.07, 6.45) is 5.49. The highest BCUT2D eigenvalue weighted by Gasteiger charge is 2.12. The van der Waals surface area contributed by atoms with Crippen LogP contribution in [0, 0.1) is 6.92 Å². The van der Waals surface area contributed by atoms with Crippen LogP contribution < -0.4 is 4.74 Å². The molecule has 114 valence electrons. The largest absolute Gasteiger partial charge is 0.493 e. The summed E-state index contributed by atoms with van der Waals surface area (Å²) >= 11 is 0. The maximum atomic E-state index is 5.56. The first-order chi connectivity index (χ1) is 10.7. The molecule has 22 heavy (non-hydrogen) atoms. The third kappa shape index (κ3) is 3.58. The van der Waals surface area contributed by atoms with Crippen LogP contribution in [-0.2, 0) is 13.0 Å². The molecule has 2 aromatic carbocycles. The zero-order valence-electron chi connectivity index (χ0n) is 13.4. The van der Waals surface area contributed by atoms with Gasteiger partial charge in [-0.2, -0.15) is 0 Å². The zero-order chi connectivity index (χ0) is 15.4. The van der Waals surface area contributed by atoms with Crippen LogP contribution >= 0.6 is 0 Å². The van der Waals surface area contributed by atoms with Crippen molar-refractivity contribution in [2.24, 2.45) is 0 Å². The Balaban J connectivity index is 1.56. The van der Waals surface area contributed by atoms with Gasteiger partial charge in [0, 0.05) is 19.5 Å². The molecule has 0 amide bonds. The summed E-state index contributed by atoms with van der Waals surface area (Å²) in [5, 5.41) is 0. The molecule has 0 aliphatic carbocycles. The Morgan fingerprint density at radius 3 is 2.91 bits per heavy atom. The maximum Gasteiger partial charge on any atom is 0.122 e. The number of rotatable bonds is 5. The fourth-order valence-corrected chi connectivity index (χ4v) is 2.85. The Labute approximate surface area is 133 Å². The minimum Gasteiger partial charge on any atom is -0.493 e. The summed E-state index contributed by atoms with van der Waals surface area (Å²) in [5.74, 6) is 1.06. The van der Waals surface area contributed by atoms with Crippen LogP contribution in [0.15, 0.2) is 48.5 Å². The number of nitrogens with zero attached hydrogens (tertiary/aromatic N) is 1. The van der Waals surface area contributed by atoms with Gasteiger partial charge in [0.25, 0.3) is 0 Å². The summed E-state index contributed by atoms with van der Waals surface area (Å²) in [6, 6.07) is 15.0. The molecule has 0 radical (unpaired) electrons. The number of fused-ring (bicyclic) bond motifs is 1. The van der Waals surface area contributed by atoms with E-state index in [1.165, 1.54) is 22.3 Å². The van der Waals surface area contributed by atoms with Gasteiger partial charge in [-0.1, -0.05) is 48.6 Å². The van der Waals surface area contributed by atoms with Gasteiger partial charge in [-0.05, 0) is 42.3 Å². The molecule has 3 rings (SSSR count). The van der Waals surface area contributed by atoms with Crippen molar-refractivity contribution in [3.05, 3.63) is 70.8 Å². The van der Waals surface area contributed by atoms with Gasteiger partial charge in [-0.3, -0.25) is 4.90 Å². The summed E-state index contributed by atoms with van der Waals surface area (Å²) in [4.78, 5) is 2.33. The standard InChI is InChI=1S/C20H23NO/c1-16-6-3-4-7-18(16)8-5-12-21(2)15-17-9-10-20-19(14-17)11-13-22-20/h3-10,14H,11-13,15H2,1-2H3/b8-5+. The lowest BCUT2D eigenvalue weighted by molar-refractivity contribution is 0.356. The fraction of sp³-hybridized carbons (Fsp3) is 0.300. The van der Waals surface area contributed by atoms with Crippen molar-refractivity contribution < 1.29 is 4.74 Å². The third-order valence-electron chi connectivity index (χ3n) is 4.11. The highest BCUT2D eigenvalue weighted by Crippen LogP contribution is 2.26. The molecule has 0 N–H and O–H groups in total. The molecule has 0 aromatic heterocycles. The average molecular weight is 293 g/mol. The van der Waals surface area contributed by atoms with Crippen molar-refractivity contribution in [2.45, 2.75) is 19.9 Å². The lowest BCUT2D eigenvalue weighted by Crippen LogP contribution is -2.17. The lowest BCUT2D eigenvalue weighted by atomic mass is 10.1. The normalized spacial score (nSPS) is 13.6. The van der Waals surface area contributed by atoms with E-state index in [1.807, 2.05) is 0 Å². The molecule has 0 fully saturated rings. The molecule has 0 saturated carbocycles. The summed E-state index contributed by atoms with van der Waals surface area (Å²) < 4.78 is 5.56. The van der Waals surface area contributed by atoms with E-state index in [9.17, 15) is 0 Å². The average Bonchev–Trinajstić information content (AvgIpc) is 2.97. The van der Waals surface area contributed by atoms with Crippen molar-refractivity contribution in [1.82, 2.24) is 4.90 Å². The molecule has 0 saturated heterocycles. The molecular formula is C20H23NO. The van der Waals surface area contributed by atoms with Crippen LogP contribution in [0.3, 0.4) is 0 Å². The Kier molecular flexibility index (Phi) is 4.59. The molecule has 2 aromatic rings. The van der Waals surface area contributed by atoms with Gasteiger partial charge in [0.2, 0.25) is 0 Å². The van der Waals surface area contributed by atoms with E-state index in [1.54, 1.807) is 0 Å². The minimum absolute atomic E-state index is 0.827. The number of likely N-dealkylation sites (N-methyl/N-ethyl adjacent to an activating group) is 1. The molecule has 2 nitrogen and oxygen atoms in total. The van der Waals surface area contributed by atoms with E-state index in [0.29, 0.717) is 0 Å². The van der Waals surface area contributed by atoms with Gasteiger partial charge in [0.05, 0.1) is 6.61 Å². The monoisotopic (exact) mass is 293 g/mol. The van der Waals surface area contributed by atoms with E-state index in [2.05, 4.69) is 73.5 Å². The number of ether oxygens (including phenoxy) is 1. The SMILES string of the molecule is Cc1ccccc1/C=C/CN(C)Cc1ccc2c(c1)CCO2. The summed E-state index contributed by atoms with van der Waals surface area (Å²) in [6.45, 7) is 4.89. The van der Waals surface area contributed by atoms with Crippen LogP contribution in [0.5, 0.6) is 5.75 Å². The molecule has 1 aliphatic rings. The molecule has 0 spiro atoms. The number of benzene rings is 2. The highest BCUT2D eigenvalue weighted by molar-refractivity contribution is 5.53. The van der Waals surface area contributed by atoms with Crippen LogP contribution in [0.4, 0.5) is 0 Å². The second-order valence-corrected chi connectivity index (χ2v) is 6.00. The first kappa shape index (κ1) is 14.9. The quantitative estimate of drug-likeness (QED) is 0.824. The van der Waals surface area contributed by atoms with E-state index >= 15 is 0 Å². The highest BCUT2D eigenvalue weighted by atomic mass is 16.5. The van der Waals surface area contributed by atoms with Crippen LogP contribution in [-0.4, -0.2) is 25.1 Å². The van der Waals surface area contributed by atoms with Gasteiger partial charge >= 0.3 is 0 Å². The van der Waals surface area contributed by atoms with Crippen molar-refractivity contribution in [3.63, 3.8) is 0 Å². The van der Waals surface area contributed by atoms with Crippen molar-refractivity contribution in [3.8, 4) is 5.75 Å². The topological polar surface area (TPSA) is 12.5 Å². The van der Waals surface area contributed by atoms with Gasteiger partial charge in [-0.25, -0.2) is 0 Å². The summed E-state index contributed by atoms with van der Waals surface area (Å²) in [5.41, 5.74) is 5.32. The number of aryl methyl sites for hydroxylation is 1. The molecule has 0 unspecified atom stereocenters.